The van der Waals surface area contributed by atoms with Gasteiger partial charge in [-0.1, -0.05) is 20.8 Å². The van der Waals surface area contributed by atoms with Crippen LogP contribution in [-0.4, -0.2) is 30.6 Å². The van der Waals surface area contributed by atoms with E-state index in [1.165, 1.54) is 38.8 Å². The van der Waals surface area contributed by atoms with E-state index in [1.54, 1.807) is 0 Å². The minimum atomic E-state index is 0.706. The molecule has 0 radical (unpaired) electrons. The zero-order valence-electron chi connectivity index (χ0n) is 10.7. The van der Waals surface area contributed by atoms with E-state index in [-0.39, 0.29) is 0 Å². The fraction of sp³-hybridized carbons (Fsp3) is 1.00. The lowest BCUT2D eigenvalue weighted by atomic mass is 9.96. The molecule has 1 rings (SSSR count). The smallest absolute Gasteiger partial charge is 0.00965 e. The summed E-state index contributed by atoms with van der Waals surface area (Å²) in [5.41, 5.74) is 5.86. The van der Waals surface area contributed by atoms with Crippen LogP contribution < -0.4 is 5.73 Å². The van der Waals surface area contributed by atoms with Crippen LogP contribution in [0.15, 0.2) is 0 Å². The number of nitrogens with two attached hydrogens (primary N) is 1. The summed E-state index contributed by atoms with van der Waals surface area (Å²) in [5, 5.41) is 0. The SMILES string of the molecule is CCCN(CC(CN)CC(C)C)C1CC1. The van der Waals surface area contributed by atoms with Crippen molar-refractivity contribution in [2.24, 2.45) is 17.6 Å². The third-order valence-corrected chi connectivity index (χ3v) is 3.20. The lowest BCUT2D eigenvalue weighted by molar-refractivity contribution is 0.209. The van der Waals surface area contributed by atoms with Crippen LogP contribution in [0.5, 0.6) is 0 Å². The second-order valence-electron chi connectivity index (χ2n) is 5.46. The van der Waals surface area contributed by atoms with Crippen LogP contribution in [0.2, 0.25) is 0 Å². The van der Waals surface area contributed by atoms with Gasteiger partial charge in [0.25, 0.3) is 0 Å². The van der Waals surface area contributed by atoms with Crippen LogP contribution in [-0.2, 0) is 0 Å². The Bertz CT molecular complexity index is 164. The molecule has 2 heteroatoms. The summed E-state index contributed by atoms with van der Waals surface area (Å²) >= 11 is 0. The van der Waals surface area contributed by atoms with Crippen LogP contribution in [0.4, 0.5) is 0 Å². The molecule has 0 aromatic carbocycles. The minimum Gasteiger partial charge on any atom is -0.330 e. The van der Waals surface area contributed by atoms with Crippen molar-refractivity contribution in [3.8, 4) is 0 Å². The summed E-state index contributed by atoms with van der Waals surface area (Å²) in [6, 6.07) is 0.895. The van der Waals surface area contributed by atoms with E-state index in [2.05, 4.69) is 25.7 Å². The Labute approximate surface area is 95.2 Å². The van der Waals surface area contributed by atoms with Gasteiger partial charge in [-0.25, -0.2) is 0 Å². The fourth-order valence-electron chi connectivity index (χ4n) is 2.39. The largest absolute Gasteiger partial charge is 0.330 e. The molecule has 2 N–H and O–H groups in total. The van der Waals surface area contributed by atoms with Crippen molar-refractivity contribution < 1.29 is 0 Å². The number of rotatable bonds is 8. The molecule has 1 fully saturated rings. The zero-order valence-corrected chi connectivity index (χ0v) is 10.7. The molecule has 0 aromatic rings. The Morgan fingerprint density at radius 3 is 2.40 bits per heavy atom. The highest BCUT2D eigenvalue weighted by Crippen LogP contribution is 2.28. The molecule has 0 aliphatic heterocycles. The average molecular weight is 212 g/mol. The van der Waals surface area contributed by atoms with Gasteiger partial charge in [-0.2, -0.15) is 0 Å². The van der Waals surface area contributed by atoms with Gasteiger partial charge >= 0.3 is 0 Å². The van der Waals surface area contributed by atoms with Crippen molar-refractivity contribution in [3.63, 3.8) is 0 Å². The van der Waals surface area contributed by atoms with E-state index in [0.717, 1.165) is 18.5 Å². The first-order valence-corrected chi connectivity index (χ1v) is 6.61. The highest BCUT2D eigenvalue weighted by molar-refractivity contribution is 4.85. The van der Waals surface area contributed by atoms with Crippen LogP contribution in [0.3, 0.4) is 0 Å². The van der Waals surface area contributed by atoms with Gasteiger partial charge in [0.2, 0.25) is 0 Å². The number of hydrogen-bond donors (Lipinski definition) is 1. The molecule has 0 aromatic heterocycles. The first-order valence-electron chi connectivity index (χ1n) is 6.61. The molecule has 90 valence electrons. The Hall–Kier alpha value is -0.0800. The zero-order chi connectivity index (χ0) is 11.3. The molecule has 0 saturated heterocycles. The molecule has 0 heterocycles. The van der Waals surface area contributed by atoms with Crippen LogP contribution in [0, 0.1) is 11.8 Å². The second kappa shape index (κ2) is 6.49. The third-order valence-electron chi connectivity index (χ3n) is 3.20. The van der Waals surface area contributed by atoms with E-state index in [0.29, 0.717) is 5.92 Å². The summed E-state index contributed by atoms with van der Waals surface area (Å²) in [5.74, 6) is 1.48. The first kappa shape index (κ1) is 13.0. The highest BCUT2D eigenvalue weighted by Gasteiger charge is 2.29. The maximum atomic E-state index is 5.86. The van der Waals surface area contributed by atoms with Gasteiger partial charge in [-0.05, 0) is 50.6 Å². The van der Waals surface area contributed by atoms with Gasteiger partial charge in [0, 0.05) is 12.6 Å². The Morgan fingerprint density at radius 1 is 1.33 bits per heavy atom. The van der Waals surface area contributed by atoms with Gasteiger partial charge in [0.15, 0.2) is 0 Å². The molecule has 0 bridgehead atoms. The molecule has 1 saturated carbocycles. The van der Waals surface area contributed by atoms with Gasteiger partial charge in [-0.15, -0.1) is 0 Å². The van der Waals surface area contributed by atoms with E-state index in [1.807, 2.05) is 0 Å². The maximum absolute atomic E-state index is 5.86. The summed E-state index contributed by atoms with van der Waals surface area (Å²) in [4.78, 5) is 2.67. The molecule has 1 atom stereocenters. The number of hydrogen-bond acceptors (Lipinski definition) is 2. The fourth-order valence-corrected chi connectivity index (χ4v) is 2.39. The van der Waals surface area contributed by atoms with E-state index in [9.17, 15) is 0 Å². The van der Waals surface area contributed by atoms with Gasteiger partial charge in [-0.3, -0.25) is 0 Å². The highest BCUT2D eigenvalue weighted by atomic mass is 15.2. The van der Waals surface area contributed by atoms with Crippen molar-refractivity contribution in [2.75, 3.05) is 19.6 Å². The standard InChI is InChI=1S/C13H28N2/c1-4-7-15(13-5-6-13)10-12(9-14)8-11(2)3/h11-13H,4-10,14H2,1-3H3. The maximum Gasteiger partial charge on any atom is 0.00965 e. The Kier molecular flexibility index (Phi) is 5.62. The summed E-state index contributed by atoms with van der Waals surface area (Å²) in [7, 11) is 0. The second-order valence-corrected chi connectivity index (χ2v) is 5.46. The normalized spacial score (nSPS) is 18.8. The van der Waals surface area contributed by atoms with Crippen molar-refractivity contribution in [2.45, 2.75) is 52.5 Å². The van der Waals surface area contributed by atoms with E-state index < -0.39 is 0 Å². The minimum absolute atomic E-state index is 0.706. The van der Waals surface area contributed by atoms with E-state index in [4.69, 9.17) is 5.73 Å². The molecule has 1 aliphatic rings. The van der Waals surface area contributed by atoms with Gasteiger partial charge in [0.05, 0.1) is 0 Å². The summed E-state index contributed by atoms with van der Waals surface area (Å²) in [6.07, 6.45) is 5.39. The monoisotopic (exact) mass is 212 g/mol. The predicted octanol–water partition coefficient (Wildman–Crippen LogP) is 2.48. The molecule has 1 aliphatic carbocycles. The lowest BCUT2D eigenvalue weighted by Crippen LogP contribution is -2.35. The van der Waals surface area contributed by atoms with Crippen molar-refractivity contribution in [3.05, 3.63) is 0 Å². The average Bonchev–Trinajstić information content (AvgIpc) is 2.98. The van der Waals surface area contributed by atoms with E-state index >= 15 is 0 Å². The molecule has 15 heavy (non-hydrogen) atoms. The summed E-state index contributed by atoms with van der Waals surface area (Å²) in [6.45, 7) is 10.2. The van der Waals surface area contributed by atoms with Gasteiger partial charge in [0.1, 0.15) is 0 Å². The lowest BCUT2D eigenvalue weighted by Gasteiger charge is -2.27. The molecular weight excluding hydrogens is 184 g/mol. The Morgan fingerprint density at radius 2 is 2.00 bits per heavy atom. The Balaban J connectivity index is 2.32. The summed E-state index contributed by atoms with van der Waals surface area (Å²) < 4.78 is 0. The van der Waals surface area contributed by atoms with Crippen molar-refractivity contribution >= 4 is 0 Å². The molecule has 2 nitrogen and oxygen atoms in total. The van der Waals surface area contributed by atoms with Gasteiger partial charge < -0.3 is 10.6 Å². The quantitative estimate of drug-likeness (QED) is 0.670. The van der Waals surface area contributed by atoms with Crippen LogP contribution >= 0.6 is 0 Å². The predicted molar refractivity (Wildman–Crippen MR) is 66.9 cm³/mol. The molecule has 0 amide bonds. The molecular formula is C13H28N2. The topological polar surface area (TPSA) is 29.3 Å². The van der Waals surface area contributed by atoms with Crippen LogP contribution in [0.25, 0.3) is 0 Å². The molecule has 1 unspecified atom stereocenters. The number of nitrogens with zero attached hydrogens (tertiary/aromatic N) is 1. The van der Waals surface area contributed by atoms with Crippen molar-refractivity contribution in [1.29, 1.82) is 0 Å². The first-order chi connectivity index (χ1) is 7.17. The molecule has 0 spiro atoms. The van der Waals surface area contributed by atoms with Crippen LogP contribution in [0.1, 0.15) is 46.5 Å². The third kappa shape index (κ3) is 4.98. The van der Waals surface area contributed by atoms with Crippen molar-refractivity contribution in [1.82, 2.24) is 4.90 Å².